The molecule has 0 spiro atoms. The molecule has 0 N–H and O–H groups in total. The summed E-state index contributed by atoms with van der Waals surface area (Å²) in [6.07, 6.45) is 0. The lowest BCUT2D eigenvalue weighted by Crippen LogP contribution is -2.10. The van der Waals surface area contributed by atoms with E-state index in [2.05, 4.69) is 181 Å². The fraction of sp³-hybridized carbons (Fsp3) is 0. The molecule has 0 saturated heterocycles. The van der Waals surface area contributed by atoms with Crippen molar-refractivity contribution < 1.29 is 0 Å². The van der Waals surface area contributed by atoms with Gasteiger partial charge in [-0.05, 0) is 103 Å². The summed E-state index contributed by atoms with van der Waals surface area (Å²) in [5, 5.41) is 12.8. The van der Waals surface area contributed by atoms with Crippen LogP contribution < -0.4 is 4.90 Å². The Morgan fingerprint density at radius 3 is 1.83 bits per heavy atom. The Labute approximate surface area is 282 Å². The minimum Gasteiger partial charge on any atom is -0.310 e. The van der Waals surface area contributed by atoms with Crippen LogP contribution in [-0.2, 0) is 0 Å². The molecular weight excluding hydrogens is 599 g/mol. The average molecular weight is 628 g/mol. The van der Waals surface area contributed by atoms with Gasteiger partial charge in [0.15, 0.2) is 0 Å². The van der Waals surface area contributed by atoms with Gasteiger partial charge in [-0.15, -0.1) is 11.3 Å². The summed E-state index contributed by atoms with van der Waals surface area (Å²) in [5.74, 6) is 0. The highest BCUT2D eigenvalue weighted by Crippen LogP contribution is 2.43. The van der Waals surface area contributed by atoms with Crippen LogP contribution in [0.1, 0.15) is 0 Å². The third kappa shape index (κ3) is 4.31. The normalized spacial score (nSPS) is 11.8. The van der Waals surface area contributed by atoms with E-state index in [1.165, 1.54) is 74.4 Å². The summed E-state index contributed by atoms with van der Waals surface area (Å²) in [5.41, 5.74) is 5.80. The van der Waals surface area contributed by atoms with Crippen molar-refractivity contribution >= 4 is 91.7 Å². The molecule has 0 aliphatic rings. The van der Waals surface area contributed by atoms with Crippen molar-refractivity contribution in [3.05, 3.63) is 176 Å². The lowest BCUT2D eigenvalue weighted by molar-refractivity contribution is 1.30. The van der Waals surface area contributed by atoms with E-state index in [9.17, 15) is 0 Å². The molecular formula is C46H29NS. The molecule has 10 rings (SSSR count). The number of benzene rings is 9. The molecule has 0 aliphatic heterocycles. The Morgan fingerprint density at radius 2 is 0.938 bits per heavy atom. The Balaban J connectivity index is 1.23. The fourth-order valence-corrected chi connectivity index (χ4v) is 8.66. The van der Waals surface area contributed by atoms with Crippen LogP contribution >= 0.6 is 11.3 Å². The number of nitrogens with zero attached hydrogens (tertiary/aromatic N) is 1. The van der Waals surface area contributed by atoms with E-state index in [1.54, 1.807) is 0 Å². The van der Waals surface area contributed by atoms with Gasteiger partial charge in [0.1, 0.15) is 0 Å². The molecule has 1 nitrogen and oxygen atoms in total. The molecule has 1 aromatic heterocycles. The molecule has 1 heterocycles. The van der Waals surface area contributed by atoms with Crippen LogP contribution in [0.15, 0.2) is 176 Å². The second kappa shape index (κ2) is 10.8. The summed E-state index contributed by atoms with van der Waals surface area (Å²) >= 11 is 1.87. The van der Waals surface area contributed by atoms with Crippen LogP contribution in [0.4, 0.5) is 17.1 Å². The van der Waals surface area contributed by atoms with Crippen LogP contribution in [0.2, 0.25) is 0 Å². The maximum atomic E-state index is 2.42. The lowest BCUT2D eigenvalue weighted by Gasteiger charge is -2.27. The maximum Gasteiger partial charge on any atom is 0.0468 e. The second-order valence-electron chi connectivity index (χ2n) is 12.5. The zero-order chi connectivity index (χ0) is 31.6. The Bertz CT molecular complexity index is 2840. The smallest absolute Gasteiger partial charge is 0.0468 e. The highest BCUT2D eigenvalue weighted by Gasteiger charge is 2.17. The molecule has 0 bridgehead atoms. The number of hydrogen-bond donors (Lipinski definition) is 0. The first-order valence-electron chi connectivity index (χ1n) is 16.4. The number of thiophene rings is 1. The van der Waals surface area contributed by atoms with E-state index in [4.69, 9.17) is 0 Å². The Morgan fingerprint density at radius 1 is 0.312 bits per heavy atom. The summed E-state index contributed by atoms with van der Waals surface area (Å²) in [7, 11) is 0. The highest BCUT2D eigenvalue weighted by molar-refractivity contribution is 7.26. The summed E-state index contributed by atoms with van der Waals surface area (Å²) < 4.78 is 2.66. The van der Waals surface area contributed by atoms with Gasteiger partial charge in [0.2, 0.25) is 0 Å². The number of anilines is 3. The predicted molar refractivity (Wildman–Crippen MR) is 209 cm³/mol. The van der Waals surface area contributed by atoms with Gasteiger partial charge in [-0.3, -0.25) is 0 Å². The first kappa shape index (κ1) is 27.2. The Hall–Kier alpha value is -5.96. The molecule has 2 heteroatoms. The van der Waals surface area contributed by atoms with Gasteiger partial charge < -0.3 is 4.90 Å². The van der Waals surface area contributed by atoms with Crippen LogP contribution in [0.3, 0.4) is 0 Å². The zero-order valence-electron chi connectivity index (χ0n) is 26.1. The molecule has 0 unspecified atom stereocenters. The van der Waals surface area contributed by atoms with Crippen molar-refractivity contribution in [1.29, 1.82) is 0 Å². The summed E-state index contributed by atoms with van der Waals surface area (Å²) in [4.78, 5) is 2.42. The monoisotopic (exact) mass is 627 g/mol. The lowest BCUT2D eigenvalue weighted by atomic mass is 9.96. The van der Waals surface area contributed by atoms with Crippen molar-refractivity contribution in [1.82, 2.24) is 0 Å². The fourth-order valence-electron chi connectivity index (χ4n) is 7.53. The van der Waals surface area contributed by atoms with Gasteiger partial charge in [-0.2, -0.15) is 0 Å². The SMILES string of the molecule is c1ccc(-c2cccc(N(c3ccc4c(ccc5sc6ccccc6c54)c3)c3ccc4ccc5ccc6ccccc6c5c4c3)c2)cc1. The third-order valence-electron chi connectivity index (χ3n) is 9.78. The minimum atomic E-state index is 1.13. The van der Waals surface area contributed by atoms with Crippen molar-refractivity contribution in [2.45, 2.75) is 0 Å². The molecule has 10 aromatic rings. The van der Waals surface area contributed by atoms with Gasteiger partial charge in [-0.25, -0.2) is 0 Å². The first-order valence-corrected chi connectivity index (χ1v) is 17.2. The second-order valence-corrected chi connectivity index (χ2v) is 13.6. The van der Waals surface area contributed by atoms with Crippen LogP contribution in [0.5, 0.6) is 0 Å². The number of rotatable bonds is 4. The Kier molecular flexibility index (Phi) is 6.12. The minimum absolute atomic E-state index is 1.13. The van der Waals surface area contributed by atoms with E-state index >= 15 is 0 Å². The van der Waals surface area contributed by atoms with E-state index in [-0.39, 0.29) is 0 Å². The van der Waals surface area contributed by atoms with Crippen molar-refractivity contribution in [2.24, 2.45) is 0 Å². The maximum absolute atomic E-state index is 2.42. The van der Waals surface area contributed by atoms with Crippen LogP contribution in [0.25, 0.3) is 74.4 Å². The summed E-state index contributed by atoms with van der Waals surface area (Å²) in [6.45, 7) is 0. The largest absolute Gasteiger partial charge is 0.310 e. The van der Waals surface area contributed by atoms with E-state index in [0.29, 0.717) is 0 Å². The quantitative estimate of drug-likeness (QED) is 0.176. The molecule has 0 amide bonds. The average Bonchev–Trinajstić information content (AvgIpc) is 3.54. The van der Waals surface area contributed by atoms with E-state index in [1.807, 2.05) is 11.3 Å². The van der Waals surface area contributed by atoms with E-state index in [0.717, 1.165) is 17.1 Å². The molecule has 224 valence electrons. The number of fused-ring (bicyclic) bond motifs is 10. The van der Waals surface area contributed by atoms with Crippen molar-refractivity contribution in [3.63, 3.8) is 0 Å². The molecule has 0 fully saturated rings. The van der Waals surface area contributed by atoms with E-state index < -0.39 is 0 Å². The molecule has 0 saturated carbocycles. The first-order chi connectivity index (χ1) is 23.8. The van der Waals surface area contributed by atoms with Gasteiger partial charge in [0.25, 0.3) is 0 Å². The van der Waals surface area contributed by atoms with Gasteiger partial charge in [-0.1, -0.05) is 127 Å². The summed E-state index contributed by atoms with van der Waals surface area (Å²) in [6, 6.07) is 64.6. The molecule has 0 radical (unpaired) electrons. The molecule has 9 aromatic carbocycles. The highest BCUT2D eigenvalue weighted by atomic mass is 32.1. The predicted octanol–water partition coefficient (Wildman–Crippen LogP) is 13.8. The van der Waals surface area contributed by atoms with Crippen LogP contribution in [0, 0.1) is 0 Å². The topological polar surface area (TPSA) is 3.24 Å². The molecule has 0 aliphatic carbocycles. The van der Waals surface area contributed by atoms with Crippen molar-refractivity contribution in [3.8, 4) is 11.1 Å². The molecule has 0 atom stereocenters. The molecule has 48 heavy (non-hydrogen) atoms. The van der Waals surface area contributed by atoms with Crippen molar-refractivity contribution in [2.75, 3.05) is 4.90 Å². The van der Waals surface area contributed by atoms with Gasteiger partial charge in [0.05, 0.1) is 0 Å². The standard InChI is InChI=1S/C46H29NS/c1-2-9-30(10-3-1)34-12-8-13-36(27-34)47(37-24-25-40-35(28-37)22-26-44-46(40)41-15-6-7-16-43(41)48-44)38-23-21-32-18-20-33-19-17-31-11-4-5-14-39(31)45(33)42(32)29-38/h1-29H. The third-order valence-corrected chi connectivity index (χ3v) is 10.9. The number of hydrogen-bond acceptors (Lipinski definition) is 2. The van der Waals surface area contributed by atoms with Gasteiger partial charge in [0, 0.05) is 37.2 Å². The van der Waals surface area contributed by atoms with Gasteiger partial charge >= 0.3 is 0 Å². The zero-order valence-corrected chi connectivity index (χ0v) is 26.9. The van der Waals surface area contributed by atoms with Crippen LogP contribution in [-0.4, -0.2) is 0 Å².